The van der Waals surface area contributed by atoms with Crippen molar-refractivity contribution in [2.45, 2.75) is 25.8 Å². The quantitative estimate of drug-likeness (QED) is 0.770. The second-order valence-corrected chi connectivity index (χ2v) is 4.04. The SMILES string of the molecule is CC(C)n1nnc(CCl)c1-c1ccccn1. The van der Waals surface area contributed by atoms with Crippen LogP contribution in [0.3, 0.4) is 0 Å². The third-order valence-electron chi connectivity index (χ3n) is 2.29. The lowest BCUT2D eigenvalue weighted by Gasteiger charge is -2.09. The van der Waals surface area contributed by atoms with Gasteiger partial charge in [-0.05, 0) is 26.0 Å². The van der Waals surface area contributed by atoms with Gasteiger partial charge in [0.1, 0.15) is 11.4 Å². The molecule has 0 radical (unpaired) electrons. The van der Waals surface area contributed by atoms with E-state index in [0.29, 0.717) is 5.88 Å². The van der Waals surface area contributed by atoms with E-state index in [4.69, 9.17) is 11.6 Å². The summed E-state index contributed by atoms with van der Waals surface area (Å²) in [5.74, 6) is 0.346. The van der Waals surface area contributed by atoms with Gasteiger partial charge in [0, 0.05) is 12.2 Å². The van der Waals surface area contributed by atoms with Crippen LogP contribution in [0, 0.1) is 0 Å². The van der Waals surface area contributed by atoms with E-state index in [-0.39, 0.29) is 6.04 Å². The number of pyridine rings is 1. The third-order valence-corrected chi connectivity index (χ3v) is 2.54. The molecule has 2 rings (SSSR count). The highest BCUT2D eigenvalue weighted by Gasteiger charge is 2.16. The van der Waals surface area contributed by atoms with Gasteiger partial charge in [-0.3, -0.25) is 4.98 Å². The molecule has 2 aromatic rings. The minimum atomic E-state index is 0.237. The summed E-state index contributed by atoms with van der Waals surface area (Å²) in [6.45, 7) is 4.11. The number of halogens is 1. The maximum Gasteiger partial charge on any atom is 0.112 e. The van der Waals surface area contributed by atoms with Crippen LogP contribution in [-0.2, 0) is 5.88 Å². The van der Waals surface area contributed by atoms with Crippen LogP contribution in [0.1, 0.15) is 25.6 Å². The molecule has 0 aliphatic rings. The van der Waals surface area contributed by atoms with Gasteiger partial charge in [-0.15, -0.1) is 16.7 Å². The fraction of sp³-hybridized carbons (Fsp3) is 0.364. The van der Waals surface area contributed by atoms with Crippen LogP contribution in [0.25, 0.3) is 11.4 Å². The first-order valence-electron chi connectivity index (χ1n) is 5.15. The van der Waals surface area contributed by atoms with E-state index in [2.05, 4.69) is 29.1 Å². The number of rotatable bonds is 3. The van der Waals surface area contributed by atoms with Crippen molar-refractivity contribution in [3.05, 3.63) is 30.1 Å². The van der Waals surface area contributed by atoms with Crippen LogP contribution in [0.5, 0.6) is 0 Å². The highest BCUT2D eigenvalue weighted by Crippen LogP contribution is 2.23. The van der Waals surface area contributed by atoms with Crippen molar-refractivity contribution in [1.29, 1.82) is 0 Å². The molecule has 0 atom stereocenters. The normalized spacial score (nSPS) is 11.0. The van der Waals surface area contributed by atoms with Crippen LogP contribution in [0.2, 0.25) is 0 Å². The first-order valence-corrected chi connectivity index (χ1v) is 5.69. The lowest BCUT2D eigenvalue weighted by molar-refractivity contribution is 0.518. The van der Waals surface area contributed by atoms with Gasteiger partial charge >= 0.3 is 0 Å². The predicted molar refractivity (Wildman–Crippen MR) is 63.2 cm³/mol. The smallest absolute Gasteiger partial charge is 0.112 e. The molecule has 0 N–H and O–H groups in total. The summed E-state index contributed by atoms with van der Waals surface area (Å²) < 4.78 is 1.85. The Morgan fingerprint density at radius 3 is 2.75 bits per heavy atom. The third kappa shape index (κ3) is 1.93. The Bertz CT molecular complexity index is 464. The second kappa shape index (κ2) is 4.61. The van der Waals surface area contributed by atoms with Crippen molar-refractivity contribution < 1.29 is 0 Å². The molecule has 0 saturated heterocycles. The van der Waals surface area contributed by atoms with Gasteiger partial charge < -0.3 is 0 Å². The lowest BCUT2D eigenvalue weighted by atomic mass is 10.2. The number of nitrogens with zero attached hydrogens (tertiary/aromatic N) is 4. The average Bonchev–Trinajstić information content (AvgIpc) is 2.73. The van der Waals surface area contributed by atoms with Gasteiger partial charge in [0.05, 0.1) is 11.6 Å². The van der Waals surface area contributed by atoms with Gasteiger partial charge in [0.15, 0.2) is 0 Å². The van der Waals surface area contributed by atoms with Crippen molar-refractivity contribution in [1.82, 2.24) is 20.0 Å². The molecule has 16 heavy (non-hydrogen) atoms. The molecule has 0 aromatic carbocycles. The topological polar surface area (TPSA) is 43.6 Å². The summed E-state index contributed by atoms with van der Waals surface area (Å²) in [5, 5.41) is 8.18. The van der Waals surface area contributed by atoms with Crippen LogP contribution < -0.4 is 0 Å². The Balaban J connectivity index is 2.57. The Morgan fingerprint density at radius 1 is 1.38 bits per heavy atom. The van der Waals surface area contributed by atoms with Gasteiger partial charge in [-0.25, -0.2) is 4.68 Å². The molecule has 0 spiro atoms. The number of hydrogen-bond acceptors (Lipinski definition) is 3. The fourth-order valence-corrected chi connectivity index (χ4v) is 1.73. The molecule has 0 aliphatic carbocycles. The van der Waals surface area contributed by atoms with Gasteiger partial charge in [0.2, 0.25) is 0 Å². The summed E-state index contributed by atoms with van der Waals surface area (Å²) in [6.07, 6.45) is 1.75. The molecule has 84 valence electrons. The average molecular weight is 237 g/mol. The van der Waals surface area contributed by atoms with Crippen LogP contribution in [-0.4, -0.2) is 20.0 Å². The lowest BCUT2D eigenvalue weighted by Crippen LogP contribution is -2.06. The van der Waals surface area contributed by atoms with Crippen molar-refractivity contribution in [3.8, 4) is 11.4 Å². The maximum absolute atomic E-state index is 5.86. The molecule has 0 fully saturated rings. The predicted octanol–water partition coefficient (Wildman–Crippen LogP) is 2.66. The molecule has 5 heteroatoms. The van der Waals surface area contributed by atoms with Crippen molar-refractivity contribution in [2.75, 3.05) is 0 Å². The highest BCUT2D eigenvalue weighted by molar-refractivity contribution is 6.17. The van der Waals surface area contributed by atoms with Crippen molar-refractivity contribution in [2.24, 2.45) is 0 Å². The van der Waals surface area contributed by atoms with E-state index in [9.17, 15) is 0 Å². The molecule has 0 unspecified atom stereocenters. The Labute approximate surface area is 99.3 Å². The zero-order valence-corrected chi connectivity index (χ0v) is 10.0. The van der Waals surface area contributed by atoms with E-state index in [1.54, 1.807) is 6.20 Å². The first-order chi connectivity index (χ1) is 7.74. The minimum absolute atomic E-state index is 0.237. The molecule has 2 heterocycles. The van der Waals surface area contributed by atoms with E-state index < -0.39 is 0 Å². The molecule has 0 bridgehead atoms. The molecule has 0 aliphatic heterocycles. The Kier molecular flexibility index (Phi) is 3.19. The van der Waals surface area contributed by atoms with E-state index in [1.165, 1.54) is 0 Å². The zero-order valence-electron chi connectivity index (χ0n) is 9.26. The molecular formula is C11H13ClN4. The number of alkyl halides is 1. The highest BCUT2D eigenvalue weighted by atomic mass is 35.5. The van der Waals surface area contributed by atoms with Crippen LogP contribution in [0.15, 0.2) is 24.4 Å². The van der Waals surface area contributed by atoms with Gasteiger partial charge in [0.25, 0.3) is 0 Å². The monoisotopic (exact) mass is 236 g/mol. The number of aromatic nitrogens is 4. The zero-order chi connectivity index (χ0) is 11.5. The number of hydrogen-bond donors (Lipinski definition) is 0. The van der Waals surface area contributed by atoms with E-state index >= 15 is 0 Å². The summed E-state index contributed by atoms with van der Waals surface area (Å²) >= 11 is 5.86. The fourth-order valence-electron chi connectivity index (χ4n) is 1.55. The summed E-state index contributed by atoms with van der Waals surface area (Å²) in [7, 11) is 0. The van der Waals surface area contributed by atoms with Crippen molar-refractivity contribution >= 4 is 11.6 Å². The largest absolute Gasteiger partial charge is 0.255 e. The molecule has 4 nitrogen and oxygen atoms in total. The summed E-state index contributed by atoms with van der Waals surface area (Å²) in [4.78, 5) is 4.31. The first kappa shape index (κ1) is 11.1. The molecular weight excluding hydrogens is 224 g/mol. The molecule has 0 amide bonds. The van der Waals surface area contributed by atoms with Crippen LogP contribution >= 0.6 is 11.6 Å². The van der Waals surface area contributed by atoms with E-state index in [0.717, 1.165) is 17.1 Å². The maximum atomic E-state index is 5.86. The second-order valence-electron chi connectivity index (χ2n) is 3.77. The minimum Gasteiger partial charge on any atom is -0.255 e. The summed E-state index contributed by atoms with van der Waals surface area (Å²) in [5.41, 5.74) is 2.54. The van der Waals surface area contributed by atoms with Crippen molar-refractivity contribution in [3.63, 3.8) is 0 Å². The molecule has 2 aromatic heterocycles. The van der Waals surface area contributed by atoms with Crippen LogP contribution in [0.4, 0.5) is 0 Å². The molecule has 0 saturated carbocycles. The van der Waals surface area contributed by atoms with Gasteiger partial charge in [-0.2, -0.15) is 0 Å². The Morgan fingerprint density at radius 2 is 2.19 bits per heavy atom. The van der Waals surface area contributed by atoms with Gasteiger partial charge in [-0.1, -0.05) is 11.3 Å². The Hall–Kier alpha value is -1.42. The standard InChI is InChI=1S/C11H13ClN4/c1-8(2)16-11(10(7-12)14-15-16)9-5-3-4-6-13-9/h3-6,8H,7H2,1-2H3. The van der Waals surface area contributed by atoms with E-state index in [1.807, 2.05) is 22.9 Å². The summed E-state index contributed by atoms with van der Waals surface area (Å²) in [6, 6.07) is 6.00.